The Hall–Kier alpha value is -3.09. The highest BCUT2D eigenvalue weighted by molar-refractivity contribution is 5.94. The number of carboxylic acid groups (broad SMARTS) is 1. The van der Waals surface area contributed by atoms with E-state index in [1.807, 2.05) is 0 Å². The molecule has 2 aromatic rings. The van der Waals surface area contributed by atoms with Crippen LogP contribution in [0.25, 0.3) is 6.08 Å². The molecule has 0 bridgehead atoms. The molecule has 0 aromatic heterocycles. The van der Waals surface area contributed by atoms with Crippen LogP contribution in [0.1, 0.15) is 15.9 Å². The highest BCUT2D eigenvalue weighted by Crippen LogP contribution is 2.32. The van der Waals surface area contributed by atoms with Crippen molar-refractivity contribution in [3.63, 3.8) is 0 Å². The zero-order valence-corrected chi connectivity index (χ0v) is 14.6. The molecule has 5 nitrogen and oxygen atoms in total. The first-order valence-electron chi connectivity index (χ1n) is 7.65. The monoisotopic (exact) mass is 363 g/mol. The van der Waals surface area contributed by atoms with Crippen LogP contribution in [-0.2, 0) is 0 Å². The van der Waals surface area contributed by atoms with Crippen LogP contribution in [-0.4, -0.2) is 38.4 Å². The van der Waals surface area contributed by atoms with E-state index in [0.717, 1.165) is 7.05 Å². The Labute approximate surface area is 150 Å². The van der Waals surface area contributed by atoms with Crippen LogP contribution in [0, 0.1) is 0 Å². The minimum atomic E-state index is -3.40. The van der Waals surface area contributed by atoms with Gasteiger partial charge in [-0.2, -0.15) is 8.78 Å². The molecule has 0 atom stereocenters. The van der Waals surface area contributed by atoms with E-state index in [2.05, 4.69) is 0 Å². The Kier molecular flexibility index (Phi) is 5.82. The Bertz CT molecular complexity index is 821. The number of anilines is 1. The summed E-state index contributed by atoms with van der Waals surface area (Å²) in [6.45, 7) is 0. The van der Waals surface area contributed by atoms with Gasteiger partial charge in [-0.3, -0.25) is 0 Å². The van der Waals surface area contributed by atoms with Gasteiger partial charge in [0.1, 0.15) is 0 Å². The predicted molar refractivity (Wildman–Crippen MR) is 95.3 cm³/mol. The lowest BCUT2D eigenvalue weighted by molar-refractivity contribution is 0.0567. The van der Waals surface area contributed by atoms with E-state index in [-0.39, 0.29) is 11.3 Å². The van der Waals surface area contributed by atoms with Crippen LogP contribution < -0.4 is 14.4 Å². The third-order valence-electron chi connectivity index (χ3n) is 3.83. The average Bonchev–Trinajstić information content (AvgIpc) is 2.65. The number of ether oxygens (including phenoxy) is 2. The summed E-state index contributed by atoms with van der Waals surface area (Å²) in [5.74, 6) is -0.362. The van der Waals surface area contributed by atoms with E-state index >= 15 is 0 Å². The standard InChI is InChI=1S/C19H19F2NO4/c1-22(15-7-5-4-6-14(15)18(23)24)19(20,21)11-10-13-8-9-16(25-2)17(12-13)26-3/h4-12H,1-3H3,(H,23,24). The van der Waals surface area contributed by atoms with Gasteiger partial charge >= 0.3 is 12.0 Å². The van der Waals surface area contributed by atoms with Crippen molar-refractivity contribution >= 4 is 17.7 Å². The van der Waals surface area contributed by atoms with Crippen molar-refractivity contribution in [2.45, 2.75) is 6.05 Å². The summed E-state index contributed by atoms with van der Waals surface area (Å²) in [6.07, 6.45) is 1.94. The Morgan fingerprint density at radius 3 is 2.38 bits per heavy atom. The molecule has 0 unspecified atom stereocenters. The van der Waals surface area contributed by atoms with Gasteiger partial charge in [-0.05, 0) is 29.8 Å². The van der Waals surface area contributed by atoms with Crippen molar-refractivity contribution in [1.82, 2.24) is 0 Å². The van der Waals surface area contributed by atoms with Gasteiger partial charge in [0, 0.05) is 13.1 Å². The van der Waals surface area contributed by atoms with E-state index in [1.165, 1.54) is 44.6 Å². The fraction of sp³-hybridized carbons (Fsp3) is 0.211. The summed E-state index contributed by atoms with van der Waals surface area (Å²) in [6, 6.07) is 6.99. The van der Waals surface area contributed by atoms with Crippen LogP contribution in [0.3, 0.4) is 0 Å². The summed E-state index contributed by atoms with van der Waals surface area (Å²) in [5.41, 5.74) is 0.207. The first kappa shape index (κ1) is 19.2. The van der Waals surface area contributed by atoms with Gasteiger partial charge < -0.3 is 19.5 Å². The minimum absolute atomic E-state index is 0.0815. The molecule has 0 amide bonds. The maximum atomic E-state index is 14.6. The van der Waals surface area contributed by atoms with Crippen LogP contribution in [0.5, 0.6) is 11.5 Å². The number of carboxylic acids is 1. The van der Waals surface area contributed by atoms with E-state index in [4.69, 9.17) is 9.47 Å². The smallest absolute Gasteiger partial charge is 0.346 e. The van der Waals surface area contributed by atoms with Crippen LogP contribution in [0.2, 0.25) is 0 Å². The van der Waals surface area contributed by atoms with Crippen LogP contribution >= 0.6 is 0 Å². The Morgan fingerprint density at radius 1 is 1.12 bits per heavy atom. The molecule has 0 aliphatic carbocycles. The number of benzene rings is 2. The van der Waals surface area contributed by atoms with E-state index in [1.54, 1.807) is 18.2 Å². The maximum absolute atomic E-state index is 14.6. The molecule has 2 aromatic carbocycles. The number of methoxy groups -OCH3 is 2. The first-order chi connectivity index (χ1) is 12.3. The van der Waals surface area contributed by atoms with Crippen molar-refractivity contribution in [3.8, 4) is 11.5 Å². The van der Waals surface area contributed by atoms with E-state index in [9.17, 15) is 18.7 Å². The number of para-hydroxylation sites is 1. The maximum Gasteiger partial charge on any atom is 0.346 e. The molecule has 0 radical (unpaired) electrons. The topological polar surface area (TPSA) is 59.0 Å². The molecule has 2 rings (SSSR count). The van der Waals surface area contributed by atoms with Gasteiger partial charge in [-0.1, -0.05) is 24.3 Å². The molecule has 0 fully saturated rings. The van der Waals surface area contributed by atoms with Gasteiger partial charge in [-0.15, -0.1) is 0 Å². The number of nitrogens with zero attached hydrogens (tertiary/aromatic N) is 1. The van der Waals surface area contributed by atoms with Crippen LogP contribution in [0.15, 0.2) is 48.5 Å². The van der Waals surface area contributed by atoms with Crippen molar-refractivity contribution < 1.29 is 28.2 Å². The number of aromatic carboxylic acids is 1. The summed E-state index contributed by atoms with van der Waals surface area (Å²) >= 11 is 0. The third-order valence-corrected chi connectivity index (χ3v) is 3.83. The van der Waals surface area contributed by atoms with Crippen molar-refractivity contribution in [3.05, 3.63) is 59.7 Å². The summed E-state index contributed by atoms with van der Waals surface area (Å²) in [4.78, 5) is 11.9. The number of likely N-dealkylation sites (N-methyl/N-ethyl adjacent to an activating group) is 1. The van der Waals surface area contributed by atoms with E-state index in [0.29, 0.717) is 28.0 Å². The zero-order valence-electron chi connectivity index (χ0n) is 14.6. The largest absolute Gasteiger partial charge is 0.493 e. The normalized spacial score (nSPS) is 11.4. The first-order valence-corrected chi connectivity index (χ1v) is 7.65. The molecular weight excluding hydrogens is 344 g/mol. The second-order valence-electron chi connectivity index (χ2n) is 5.42. The Balaban J connectivity index is 2.30. The van der Waals surface area contributed by atoms with E-state index < -0.39 is 12.0 Å². The molecule has 1 N–H and O–H groups in total. The van der Waals surface area contributed by atoms with Gasteiger partial charge in [0.15, 0.2) is 11.5 Å². The second-order valence-corrected chi connectivity index (χ2v) is 5.42. The van der Waals surface area contributed by atoms with Gasteiger partial charge in [0.2, 0.25) is 0 Å². The number of hydrogen-bond donors (Lipinski definition) is 1. The summed E-state index contributed by atoms with van der Waals surface area (Å²) in [7, 11) is 4.08. The molecule has 0 saturated heterocycles. The van der Waals surface area contributed by atoms with Gasteiger partial charge in [0.05, 0.1) is 25.5 Å². The number of alkyl halides is 2. The van der Waals surface area contributed by atoms with Crippen molar-refractivity contribution in [1.29, 1.82) is 0 Å². The Morgan fingerprint density at radius 2 is 1.77 bits per heavy atom. The molecule has 26 heavy (non-hydrogen) atoms. The number of rotatable bonds is 7. The lowest BCUT2D eigenvalue weighted by Crippen LogP contribution is -2.37. The average molecular weight is 363 g/mol. The van der Waals surface area contributed by atoms with Gasteiger partial charge in [0.25, 0.3) is 0 Å². The SMILES string of the molecule is COc1ccc(C=CC(F)(F)N(C)c2ccccc2C(=O)O)cc1OC. The fourth-order valence-electron chi connectivity index (χ4n) is 2.37. The fourth-order valence-corrected chi connectivity index (χ4v) is 2.37. The zero-order chi connectivity index (χ0) is 19.3. The molecule has 0 heterocycles. The highest BCUT2D eigenvalue weighted by Gasteiger charge is 2.33. The van der Waals surface area contributed by atoms with Crippen LogP contribution in [0.4, 0.5) is 14.5 Å². The molecule has 7 heteroatoms. The van der Waals surface area contributed by atoms with Gasteiger partial charge in [-0.25, -0.2) is 4.79 Å². The quantitative estimate of drug-likeness (QED) is 0.749. The predicted octanol–water partition coefficient (Wildman–Crippen LogP) is 4.14. The van der Waals surface area contributed by atoms with Crippen molar-refractivity contribution in [2.75, 3.05) is 26.2 Å². The molecule has 0 saturated carbocycles. The summed E-state index contributed by atoms with van der Waals surface area (Å²) < 4.78 is 39.4. The second kappa shape index (κ2) is 7.86. The lowest BCUT2D eigenvalue weighted by Gasteiger charge is -2.28. The molecule has 0 aliphatic rings. The highest BCUT2D eigenvalue weighted by atomic mass is 19.3. The van der Waals surface area contributed by atoms with Crippen molar-refractivity contribution in [2.24, 2.45) is 0 Å². The molecule has 138 valence electrons. The third kappa shape index (κ3) is 4.11. The summed E-state index contributed by atoms with van der Waals surface area (Å²) in [5, 5.41) is 9.18. The lowest BCUT2D eigenvalue weighted by atomic mass is 10.1. The number of halogens is 2. The molecule has 0 spiro atoms. The number of hydrogen-bond acceptors (Lipinski definition) is 4. The number of carbonyl (C=O) groups is 1. The molecule has 0 aliphatic heterocycles. The molecular formula is C19H19F2NO4. The minimum Gasteiger partial charge on any atom is -0.493 e.